The van der Waals surface area contributed by atoms with E-state index in [9.17, 15) is 4.79 Å². The smallest absolute Gasteiger partial charge is 0.277 e. The van der Waals surface area contributed by atoms with Crippen LogP contribution in [0.1, 0.15) is 32.6 Å². The van der Waals surface area contributed by atoms with Crippen LogP contribution in [-0.2, 0) is 4.79 Å². The van der Waals surface area contributed by atoms with E-state index >= 15 is 0 Å². The lowest BCUT2D eigenvalue weighted by molar-refractivity contribution is -0.119. The van der Waals surface area contributed by atoms with Crippen LogP contribution < -0.4 is 5.32 Å². The number of carbonyl (C=O) groups is 1. The maximum absolute atomic E-state index is 12.3. The second-order valence-electron chi connectivity index (χ2n) is 7.36. The molecule has 2 aliphatic carbocycles. The summed E-state index contributed by atoms with van der Waals surface area (Å²) >= 11 is 7.15. The second-order valence-corrected chi connectivity index (χ2v) is 8.73. The van der Waals surface area contributed by atoms with Gasteiger partial charge in [-0.2, -0.15) is 0 Å². The molecule has 5 nitrogen and oxygen atoms in total. The Balaban J connectivity index is 1.27. The summed E-state index contributed by atoms with van der Waals surface area (Å²) in [6.45, 7) is 2.14. The standard InChI is InChI=1S/C19H22ClN3O2S/c1-11(16-9-12-2-3-14(16)8-12)21-17(24)10-26-19-23-22-18(25-19)13-4-6-15(20)7-5-13/h4-7,11-12,14,16H,2-3,8-10H2,1H3,(H,21,24)/t11-,12-,14-,16-/m0/s1. The molecule has 7 heteroatoms. The SMILES string of the molecule is C[C@H](NC(=O)CSc1nnc(-c2ccc(Cl)cc2)o1)[C@@H]1C[C@H]2CC[C@H]1C2. The van der Waals surface area contributed by atoms with Crippen molar-refractivity contribution in [2.24, 2.45) is 17.8 Å². The van der Waals surface area contributed by atoms with Crippen LogP contribution in [0.3, 0.4) is 0 Å². The first-order valence-electron chi connectivity index (χ1n) is 9.10. The quantitative estimate of drug-likeness (QED) is 0.738. The molecular formula is C19H22ClN3O2S. The molecule has 26 heavy (non-hydrogen) atoms. The topological polar surface area (TPSA) is 68.0 Å². The van der Waals surface area contributed by atoms with Crippen LogP contribution in [0.2, 0.25) is 5.02 Å². The number of nitrogens with one attached hydrogen (secondary N) is 1. The Morgan fingerprint density at radius 1 is 1.31 bits per heavy atom. The maximum atomic E-state index is 12.3. The van der Waals surface area contributed by atoms with E-state index in [4.69, 9.17) is 16.0 Å². The number of hydrogen-bond acceptors (Lipinski definition) is 5. The van der Waals surface area contributed by atoms with Crippen molar-refractivity contribution >= 4 is 29.3 Å². The summed E-state index contributed by atoms with van der Waals surface area (Å²) in [5, 5.41) is 12.3. The van der Waals surface area contributed by atoms with E-state index in [0.29, 0.717) is 22.1 Å². The highest BCUT2D eigenvalue weighted by atomic mass is 35.5. The van der Waals surface area contributed by atoms with Crippen molar-refractivity contribution in [3.8, 4) is 11.5 Å². The highest BCUT2D eigenvalue weighted by molar-refractivity contribution is 7.99. The summed E-state index contributed by atoms with van der Waals surface area (Å²) in [5.41, 5.74) is 0.808. The highest BCUT2D eigenvalue weighted by Crippen LogP contribution is 2.49. The summed E-state index contributed by atoms with van der Waals surface area (Å²) in [6, 6.07) is 7.45. The first kappa shape index (κ1) is 17.9. The summed E-state index contributed by atoms with van der Waals surface area (Å²) in [7, 11) is 0. The molecule has 138 valence electrons. The number of carbonyl (C=O) groups excluding carboxylic acids is 1. The lowest BCUT2D eigenvalue weighted by Gasteiger charge is -2.28. The van der Waals surface area contributed by atoms with Gasteiger partial charge in [-0.25, -0.2) is 0 Å². The van der Waals surface area contributed by atoms with E-state index in [2.05, 4.69) is 22.4 Å². The van der Waals surface area contributed by atoms with Crippen LogP contribution in [-0.4, -0.2) is 27.9 Å². The summed E-state index contributed by atoms with van der Waals surface area (Å²) in [5.74, 6) is 3.08. The average molecular weight is 392 g/mol. The van der Waals surface area contributed by atoms with Gasteiger partial charge in [0.15, 0.2) is 0 Å². The van der Waals surface area contributed by atoms with Crippen molar-refractivity contribution in [1.29, 1.82) is 0 Å². The van der Waals surface area contributed by atoms with Crippen molar-refractivity contribution in [1.82, 2.24) is 15.5 Å². The Kier molecular flexibility index (Phi) is 5.23. The molecule has 2 bridgehead atoms. The highest BCUT2D eigenvalue weighted by Gasteiger charge is 2.42. The minimum atomic E-state index is 0.0246. The Morgan fingerprint density at radius 2 is 2.12 bits per heavy atom. The zero-order valence-electron chi connectivity index (χ0n) is 14.7. The molecule has 2 saturated carbocycles. The van der Waals surface area contributed by atoms with E-state index in [1.165, 1.54) is 37.4 Å². The lowest BCUT2D eigenvalue weighted by atomic mass is 9.84. The zero-order valence-corrected chi connectivity index (χ0v) is 16.2. The fourth-order valence-corrected chi connectivity index (χ4v) is 5.11. The molecular weight excluding hydrogens is 370 g/mol. The number of rotatable bonds is 6. The van der Waals surface area contributed by atoms with Gasteiger partial charge in [-0.15, -0.1) is 10.2 Å². The van der Waals surface area contributed by atoms with Crippen molar-refractivity contribution in [2.75, 3.05) is 5.75 Å². The second kappa shape index (κ2) is 7.61. The minimum Gasteiger partial charge on any atom is -0.411 e. The summed E-state index contributed by atoms with van der Waals surface area (Å²) in [4.78, 5) is 12.3. The summed E-state index contributed by atoms with van der Waals surface area (Å²) in [6.07, 6.45) is 5.34. The van der Waals surface area contributed by atoms with Gasteiger partial charge in [0.05, 0.1) is 5.75 Å². The first-order valence-corrected chi connectivity index (χ1v) is 10.5. The number of hydrogen-bond donors (Lipinski definition) is 1. The van der Waals surface area contributed by atoms with E-state index in [1.807, 2.05) is 12.1 Å². The molecule has 0 radical (unpaired) electrons. The third-order valence-electron chi connectivity index (χ3n) is 5.65. The van der Waals surface area contributed by atoms with Crippen LogP contribution in [0.4, 0.5) is 0 Å². The third-order valence-corrected chi connectivity index (χ3v) is 6.72. The van der Waals surface area contributed by atoms with Gasteiger partial charge in [0, 0.05) is 16.6 Å². The van der Waals surface area contributed by atoms with Gasteiger partial charge < -0.3 is 9.73 Å². The number of halogens is 1. The molecule has 4 rings (SSSR count). The minimum absolute atomic E-state index is 0.0246. The molecule has 2 aromatic rings. The normalized spacial score (nSPS) is 25.4. The largest absolute Gasteiger partial charge is 0.411 e. The molecule has 0 unspecified atom stereocenters. The maximum Gasteiger partial charge on any atom is 0.277 e. The lowest BCUT2D eigenvalue weighted by Crippen LogP contribution is -2.40. The monoisotopic (exact) mass is 391 g/mol. The third kappa shape index (κ3) is 3.91. The molecule has 1 aromatic carbocycles. The Labute approximate surface area is 162 Å². The average Bonchev–Trinajstić information content (AvgIpc) is 3.37. The number of amides is 1. The van der Waals surface area contributed by atoms with Gasteiger partial charge >= 0.3 is 0 Å². The molecule has 1 N–H and O–H groups in total. The van der Waals surface area contributed by atoms with Gasteiger partial charge in [0.2, 0.25) is 11.8 Å². The van der Waals surface area contributed by atoms with Crippen molar-refractivity contribution in [2.45, 2.75) is 43.9 Å². The first-order chi connectivity index (χ1) is 12.6. The van der Waals surface area contributed by atoms with Gasteiger partial charge in [-0.05, 0) is 68.2 Å². The fourth-order valence-electron chi connectivity index (χ4n) is 4.41. The van der Waals surface area contributed by atoms with Gasteiger partial charge in [0.25, 0.3) is 5.22 Å². The van der Waals surface area contributed by atoms with Crippen LogP contribution in [0.15, 0.2) is 33.9 Å². The van der Waals surface area contributed by atoms with Gasteiger partial charge in [0.1, 0.15) is 0 Å². The molecule has 2 aliphatic rings. The Bertz CT molecular complexity index is 779. The molecule has 1 amide bonds. The molecule has 1 heterocycles. The van der Waals surface area contributed by atoms with Crippen molar-refractivity contribution < 1.29 is 9.21 Å². The number of thioether (sulfide) groups is 1. The predicted octanol–water partition coefficient (Wildman–Crippen LogP) is 4.42. The van der Waals surface area contributed by atoms with Crippen LogP contribution in [0.5, 0.6) is 0 Å². The molecule has 1 aromatic heterocycles. The molecule has 0 spiro atoms. The van der Waals surface area contributed by atoms with Crippen molar-refractivity contribution in [3.05, 3.63) is 29.3 Å². The number of fused-ring (bicyclic) bond motifs is 2. The van der Waals surface area contributed by atoms with Crippen molar-refractivity contribution in [3.63, 3.8) is 0 Å². The zero-order chi connectivity index (χ0) is 18.1. The number of benzene rings is 1. The fraction of sp³-hybridized carbons (Fsp3) is 0.526. The van der Waals surface area contributed by atoms with Crippen LogP contribution in [0.25, 0.3) is 11.5 Å². The number of aromatic nitrogens is 2. The Morgan fingerprint density at radius 3 is 2.81 bits per heavy atom. The molecule has 0 aliphatic heterocycles. The number of nitrogens with zero attached hydrogens (tertiary/aromatic N) is 2. The molecule has 0 saturated heterocycles. The molecule has 2 fully saturated rings. The molecule has 4 atom stereocenters. The van der Waals surface area contributed by atoms with Gasteiger partial charge in [-0.1, -0.05) is 29.8 Å². The predicted molar refractivity (Wildman–Crippen MR) is 102 cm³/mol. The van der Waals surface area contributed by atoms with E-state index in [-0.39, 0.29) is 17.7 Å². The van der Waals surface area contributed by atoms with E-state index in [0.717, 1.165) is 17.4 Å². The Hall–Kier alpha value is -1.53. The van der Waals surface area contributed by atoms with Gasteiger partial charge in [-0.3, -0.25) is 4.79 Å². The van der Waals surface area contributed by atoms with E-state index in [1.54, 1.807) is 12.1 Å². The van der Waals surface area contributed by atoms with Crippen LogP contribution >= 0.6 is 23.4 Å². The summed E-state index contributed by atoms with van der Waals surface area (Å²) < 4.78 is 5.62. The van der Waals surface area contributed by atoms with Crippen LogP contribution in [0, 0.1) is 17.8 Å². The van der Waals surface area contributed by atoms with E-state index < -0.39 is 0 Å².